The summed E-state index contributed by atoms with van der Waals surface area (Å²) in [6.07, 6.45) is 0.301. The average molecular weight is 304 g/mol. The molecule has 0 fully saturated rings. The number of hydrogen-bond donors (Lipinski definition) is 1. The van der Waals surface area contributed by atoms with E-state index in [1.165, 1.54) is 0 Å². The molecule has 110 valence electrons. The van der Waals surface area contributed by atoms with E-state index in [2.05, 4.69) is 5.32 Å². The van der Waals surface area contributed by atoms with E-state index < -0.39 is 0 Å². The fraction of sp³-hybridized carbons (Fsp3) is 0.235. The number of rotatable bonds is 7. The average Bonchev–Trinajstić information content (AvgIpc) is 2.54. The van der Waals surface area contributed by atoms with Crippen molar-refractivity contribution in [3.05, 3.63) is 66.2 Å². The van der Waals surface area contributed by atoms with Crippen LogP contribution in [-0.2, 0) is 4.79 Å². The SMILES string of the molecule is O=C(CCOc1ccccc1)NC(CCl)c1ccccc1. The fourth-order valence-electron chi connectivity index (χ4n) is 1.94. The smallest absolute Gasteiger partial charge is 0.223 e. The number of amides is 1. The number of alkyl halides is 1. The van der Waals surface area contributed by atoms with Gasteiger partial charge in [-0.2, -0.15) is 0 Å². The molecular weight excluding hydrogens is 286 g/mol. The van der Waals surface area contributed by atoms with Gasteiger partial charge in [0.2, 0.25) is 5.91 Å². The topological polar surface area (TPSA) is 38.3 Å². The maximum absolute atomic E-state index is 11.9. The number of hydrogen-bond acceptors (Lipinski definition) is 2. The van der Waals surface area contributed by atoms with Crippen molar-refractivity contribution in [1.82, 2.24) is 5.32 Å². The third kappa shape index (κ3) is 5.12. The van der Waals surface area contributed by atoms with Gasteiger partial charge in [-0.3, -0.25) is 4.79 Å². The van der Waals surface area contributed by atoms with Crippen LogP contribution >= 0.6 is 11.6 Å². The third-order valence-electron chi connectivity index (χ3n) is 3.03. The van der Waals surface area contributed by atoms with Crippen molar-refractivity contribution < 1.29 is 9.53 Å². The van der Waals surface area contributed by atoms with E-state index in [0.717, 1.165) is 11.3 Å². The first-order valence-corrected chi connectivity index (χ1v) is 7.41. The molecule has 0 aromatic heterocycles. The summed E-state index contributed by atoms with van der Waals surface area (Å²) in [6, 6.07) is 19.0. The third-order valence-corrected chi connectivity index (χ3v) is 3.34. The Kier molecular flexibility index (Phi) is 6.10. The molecule has 0 saturated carbocycles. The zero-order chi connectivity index (χ0) is 14.9. The number of halogens is 1. The van der Waals surface area contributed by atoms with Crippen LogP contribution in [0.5, 0.6) is 5.75 Å². The Labute approximate surface area is 129 Å². The summed E-state index contributed by atoms with van der Waals surface area (Å²) < 4.78 is 5.50. The summed E-state index contributed by atoms with van der Waals surface area (Å²) in [5, 5.41) is 2.92. The van der Waals surface area contributed by atoms with Crippen LogP contribution < -0.4 is 10.1 Å². The van der Waals surface area contributed by atoms with E-state index in [4.69, 9.17) is 16.3 Å². The molecule has 2 aromatic rings. The minimum Gasteiger partial charge on any atom is -0.493 e. The standard InChI is InChI=1S/C17H18ClNO2/c18-13-16(14-7-3-1-4-8-14)19-17(20)11-12-21-15-9-5-2-6-10-15/h1-10,16H,11-13H2,(H,19,20). The molecular formula is C17H18ClNO2. The van der Waals surface area contributed by atoms with Crippen LogP contribution in [-0.4, -0.2) is 18.4 Å². The Morgan fingerprint density at radius 1 is 1.05 bits per heavy atom. The van der Waals surface area contributed by atoms with Crippen LogP contribution in [0, 0.1) is 0 Å². The molecule has 0 saturated heterocycles. The second-order valence-electron chi connectivity index (χ2n) is 4.60. The molecule has 1 N–H and O–H groups in total. The highest BCUT2D eigenvalue weighted by Gasteiger charge is 2.13. The number of para-hydroxylation sites is 1. The van der Waals surface area contributed by atoms with Crippen molar-refractivity contribution in [3.63, 3.8) is 0 Å². The molecule has 4 heteroatoms. The Balaban J connectivity index is 1.78. The van der Waals surface area contributed by atoms with Gasteiger partial charge in [0.05, 0.1) is 19.1 Å². The van der Waals surface area contributed by atoms with Crippen LogP contribution in [0.25, 0.3) is 0 Å². The van der Waals surface area contributed by atoms with E-state index in [1.807, 2.05) is 60.7 Å². The number of carbonyl (C=O) groups is 1. The zero-order valence-corrected chi connectivity index (χ0v) is 12.4. The molecule has 0 heterocycles. The summed E-state index contributed by atoms with van der Waals surface area (Å²) in [4.78, 5) is 11.9. The first-order chi connectivity index (χ1) is 10.3. The summed E-state index contributed by atoms with van der Waals surface area (Å²) in [5.74, 6) is 1.04. The molecule has 0 aliphatic heterocycles. The lowest BCUT2D eigenvalue weighted by molar-refractivity contribution is -0.122. The molecule has 0 aliphatic carbocycles. The lowest BCUT2D eigenvalue weighted by atomic mass is 10.1. The Bertz CT molecular complexity index is 545. The van der Waals surface area contributed by atoms with E-state index >= 15 is 0 Å². The summed E-state index contributed by atoms with van der Waals surface area (Å²) in [7, 11) is 0. The van der Waals surface area contributed by atoms with Gasteiger partial charge in [-0.1, -0.05) is 48.5 Å². The quantitative estimate of drug-likeness (QED) is 0.794. The maximum atomic E-state index is 11.9. The molecule has 0 radical (unpaired) electrons. The van der Waals surface area contributed by atoms with Crippen molar-refractivity contribution in [2.45, 2.75) is 12.5 Å². The molecule has 1 atom stereocenters. The van der Waals surface area contributed by atoms with Gasteiger partial charge in [0.1, 0.15) is 5.75 Å². The molecule has 1 unspecified atom stereocenters. The second kappa shape index (κ2) is 8.32. The van der Waals surface area contributed by atoms with Crippen molar-refractivity contribution in [1.29, 1.82) is 0 Å². The maximum Gasteiger partial charge on any atom is 0.223 e. The van der Waals surface area contributed by atoms with Crippen LogP contribution in [0.1, 0.15) is 18.0 Å². The van der Waals surface area contributed by atoms with Crippen LogP contribution in [0.15, 0.2) is 60.7 Å². The number of carbonyl (C=O) groups excluding carboxylic acids is 1. The minimum absolute atomic E-state index is 0.0690. The van der Waals surface area contributed by atoms with Gasteiger partial charge in [0.25, 0.3) is 0 Å². The highest BCUT2D eigenvalue weighted by atomic mass is 35.5. The van der Waals surface area contributed by atoms with E-state index in [-0.39, 0.29) is 11.9 Å². The normalized spacial score (nSPS) is 11.7. The molecule has 21 heavy (non-hydrogen) atoms. The van der Waals surface area contributed by atoms with Gasteiger partial charge in [-0.15, -0.1) is 11.6 Å². The molecule has 2 rings (SSSR count). The van der Waals surface area contributed by atoms with Gasteiger partial charge in [-0.05, 0) is 17.7 Å². The lowest BCUT2D eigenvalue weighted by Gasteiger charge is -2.16. The molecule has 3 nitrogen and oxygen atoms in total. The summed E-state index contributed by atoms with van der Waals surface area (Å²) in [5.41, 5.74) is 1.00. The van der Waals surface area contributed by atoms with Gasteiger partial charge >= 0.3 is 0 Å². The first-order valence-electron chi connectivity index (χ1n) is 6.87. The number of nitrogens with one attached hydrogen (secondary N) is 1. The molecule has 1 amide bonds. The minimum atomic E-state index is -0.169. The largest absolute Gasteiger partial charge is 0.493 e. The van der Waals surface area contributed by atoms with Crippen LogP contribution in [0.4, 0.5) is 0 Å². The number of benzene rings is 2. The van der Waals surface area contributed by atoms with Crippen molar-refractivity contribution in [2.24, 2.45) is 0 Å². The van der Waals surface area contributed by atoms with E-state index in [9.17, 15) is 4.79 Å². The zero-order valence-electron chi connectivity index (χ0n) is 11.7. The Morgan fingerprint density at radius 3 is 2.29 bits per heavy atom. The van der Waals surface area contributed by atoms with Crippen LogP contribution in [0.2, 0.25) is 0 Å². The van der Waals surface area contributed by atoms with E-state index in [0.29, 0.717) is 18.9 Å². The lowest BCUT2D eigenvalue weighted by Crippen LogP contribution is -2.30. The van der Waals surface area contributed by atoms with E-state index in [1.54, 1.807) is 0 Å². The molecule has 2 aromatic carbocycles. The molecule has 0 bridgehead atoms. The Morgan fingerprint density at radius 2 is 1.67 bits per heavy atom. The van der Waals surface area contributed by atoms with Crippen molar-refractivity contribution >= 4 is 17.5 Å². The summed E-state index contributed by atoms with van der Waals surface area (Å²) >= 11 is 5.93. The van der Waals surface area contributed by atoms with Gasteiger partial charge in [0, 0.05) is 5.88 Å². The highest BCUT2D eigenvalue weighted by Crippen LogP contribution is 2.14. The monoisotopic (exact) mass is 303 g/mol. The molecule has 0 aliphatic rings. The fourth-order valence-corrected chi connectivity index (χ4v) is 2.20. The predicted molar refractivity (Wildman–Crippen MR) is 84.6 cm³/mol. The Hall–Kier alpha value is -2.00. The summed E-state index contributed by atoms with van der Waals surface area (Å²) in [6.45, 7) is 0.347. The first kappa shape index (κ1) is 15.4. The highest BCUT2D eigenvalue weighted by molar-refractivity contribution is 6.18. The van der Waals surface area contributed by atoms with Crippen molar-refractivity contribution in [2.75, 3.05) is 12.5 Å². The van der Waals surface area contributed by atoms with Gasteiger partial charge in [-0.25, -0.2) is 0 Å². The van der Waals surface area contributed by atoms with Gasteiger partial charge in [0.15, 0.2) is 0 Å². The van der Waals surface area contributed by atoms with Crippen LogP contribution in [0.3, 0.4) is 0 Å². The predicted octanol–water partition coefficient (Wildman–Crippen LogP) is 3.55. The molecule has 0 spiro atoms. The second-order valence-corrected chi connectivity index (χ2v) is 4.91. The van der Waals surface area contributed by atoms with Gasteiger partial charge < -0.3 is 10.1 Å². The van der Waals surface area contributed by atoms with Crippen molar-refractivity contribution in [3.8, 4) is 5.75 Å². The number of ether oxygens (including phenoxy) is 1.